The molecule has 1 unspecified atom stereocenters. The van der Waals surface area contributed by atoms with E-state index in [2.05, 4.69) is 16.1 Å². The molecule has 1 atom stereocenters. The molecule has 0 aliphatic carbocycles. The summed E-state index contributed by atoms with van der Waals surface area (Å²) in [6.45, 7) is 2.04. The molecule has 1 aliphatic rings. The number of nitrogens with zero attached hydrogens (tertiary/aromatic N) is 1. The van der Waals surface area contributed by atoms with Crippen LogP contribution in [0.15, 0.2) is 30.3 Å². The van der Waals surface area contributed by atoms with Crippen LogP contribution in [0.1, 0.15) is 65.3 Å². The maximum absolute atomic E-state index is 14.2. The van der Waals surface area contributed by atoms with E-state index in [0.29, 0.717) is 11.8 Å². The Hall–Kier alpha value is -2.96. The number of hydrogen-bond donors (Lipinski definition) is 0. The van der Waals surface area contributed by atoms with Gasteiger partial charge in [0.1, 0.15) is 12.0 Å². The van der Waals surface area contributed by atoms with Crippen molar-refractivity contribution in [3.05, 3.63) is 47.0 Å². The van der Waals surface area contributed by atoms with Gasteiger partial charge in [-0.2, -0.15) is 39.4 Å². The largest absolute Gasteiger partial charge is 0.459 e. The smallest absolute Gasteiger partial charge is 0.266 e. The van der Waals surface area contributed by atoms with Crippen molar-refractivity contribution in [1.82, 2.24) is 5.06 Å². The summed E-state index contributed by atoms with van der Waals surface area (Å²) in [7, 11) is 0. The van der Waals surface area contributed by atoms with Crippen LogP contribution in [-0.4, -0.2) is 40.1 Å². The lowest BCUT2D eigenvalue weighted by molar-refractivity contribution is -0.458. The third kappa shape index (κ3) is 5.55. The number of rotatable bonds is 10. The molecule has 1 heterocycles. The summed E-state index contributed by atoms with van der Waals surface area (Å²) in [6.07, 6.45) is -2.67. The second-order valence-corrected chi connectivity index (χ2v) is 9.19. The highest BCUT2D eigenvalue weighted by Crippen LogP contribution is 2.57. The van der Waals surface area contributed by atoms with Gasteiger partial charge in [0.05, 0.1) is 11.1 Å². The number of imide groups is 1. The average Bonchev–Trinajstić information content (AvgIpc) is 2.87. The fourth-order valence-corrected chi connectivity index (χ4v) is 4.20. The van der Waals surface area contributed by atoms with Gasteiger partial charge in [0.2, 0.25) is 0 Å². The van der Waals surface area contributed by atoms with E-state index in [9.17, 15) is 49.2 Å². The Morgan fingerprint density at radius 2 is 1.59 bits per heavy atom. The number of hydroxylamine groups is 2. The zero-order valence-corrected chi connectivity index (χ0v) is 20.6. The molecule has 2 amide bonds. The van der Waals surface area contributed by atoms with Crippen molar-refractivity contribution < 1.29 is 58.5 Å². The molecular formula is C24H18F9NO4S. The molecule has 0 N–H and O–H groups in total. The van der Waals surface area contributed by atoms with Gasteiger partial charge in [0.25, 0.3) is 11.8 Å². The fourth-order valence-electron chi connectivity index (χ4n) is 3.63. The van der Waals surface area contributed by atoms with E-state index in [1.54, 1.807) is 11.0 Å². The molecule has 0 spiro atoms. The fraction of sp³-hybridized carbons (Fsp3) is 0.417. The summed E-state index contributed by atoms with van der Waals surface area (Å²) in [4.78, 5) is 27.5. The summed E-state index contributed by atoms with van der Waals surface area (Å²) in [5.74, 6) is -10.8. The quantitative estimate of drug-likeness (QED) is 0.0938. The molecule has 39 heavy (non-hydrogen) atoms. The SMILES string of the molecule is CCCCCCC#Cc1cc2c3c(cccc3c1)C(=O)N(OSC(F)(F)C(F)(OF)C(F)(F)C(F)(F)F)C2=O. The summed E-state index contributed by atoms with van der Waals surface area (Å²) < 4.78 is 123. The lowest BCUT2D eigenvalue weighted by atomic mass is 9.93. The summed E-state index contributed by atoms with van der Waals surface area (Å²) in [5, 5.41) is -6.13. The Morgan fingerprint density at radius 3 is 2.21 bits per heavy atom. The van der Waals surface area contributed by atoms with Crippen LogP contribution in [0, 0.1) is 11.8 Å². The van der Waals surface area contributed by atoms with Gasteiger partial charge < -0.3 is 0 Å². The first-order valence-corrected chi connectivity index (χ1v) is 12.0. The molecule has 0 aromatic heterocycles. The molecule has 0 radical (unpaired) electrons. The van der Waals surface area contributed by atoms with Crippen molar-refractivity contribution in [2.24, 2.45) is 0 Å². The van der Waals surface area contributed by atoms with Crippen molar-refractivity contribution in [3.8, 4) is 11.8 Å². The van der Waals surface area contributed by atoms with Gasteiger partial charge in [-0.25, -0.2) is 0 Å². The number of amides is 2. The molecule has 0 saturated heterocycles. The molecule has 0 saturated carbocycles. The van der Waals surface area contributed by atoms with Crippen LogP contribution in [0.4, 0.5) is 39.6 Å². The van der Waals surface area contributed by atoms with Crippen LogP contribution in [-0.2, 0) is 9.23 Å². The van der Waals surface area contributed by atoms with Crippen molar-refractivity contribution in [2.75, 3.05) is 0 Å². The molecule has 0 fully saturated rings. The first-order valence-electron chi connectivity index (χ1n) is 11.2. The highest BCUT2D eigenvalue weighted by Gasteiger charge is 2.84. The van der Waals surface area contributed by atoms with Gasteiger partial charge >= 0.3 is 23.2 Å². The minimum Gasteiger partial charge on any atom is -0.266 e. The third-order valence-corrected chi connectivity index (χ3v) is 6.35. The molecule has 0 bridgehead atoms. The highest BCUT2D eigenvalue weighted by atomic mass is 32.2. The maximum atomic E-state index is 14.2. The highest BCUT2D eigenvalue weighted by molar-refractivity contribution is 7.95. The summed E-state index contributed by atoms with van der Waals surface area (Å²) in [6, 6.07) is 6.77. The Morgan fingerprint density at radius 1 is 0.923 bits per heavy atom. The number of carbonyl (C=O) groups excluding carboxylic acids is 2. The summed E-state index contributed by atoms with van der Waals surface area (Å²) in [5.41, 5.74) is -0.320. The lowest BCUT2D eigenvalue weighted by Gasteiger charge is -2.35. The van der Waals surface area contributed by atoms with Gasteiger partial charge in [-0.05, 0) is 34.5 Å². The predicted octanol–water partition coefficient (Wildman–Crippen LogP) is 7.69. The van der Waals surface area contributed by atoms with Crippen LogP contribution in [0.5, 0.6) is 0 Å². The first kappa shape index (κ1) is 30.6. The van der Waals surface area contributed by atoms with Crippen LogP contribution in [0.2, 0.25) is 0 Å². The van der Waals surface area contributed by atoms with Gasteiger partial charge in [-0.3, -0.25) is 9.59 Å². The van der Waals surface area contributed by atoms with Crippen molar-refractivity contribution in [3.63, 3.8) is 0 Å². The van der Waals surface area contributed by atoms with E-state index in [0.717, 1.165) is 31.7 Å². The molecule has 1 aliphatic heterocycles. The number of benzene rings is 2. The van der Waals surface area contributed by atoms with Gasteiger partial charge in [0, 0.05) is 17.4 Å². The maximum Gasteiger partial charge on any atom is 0.459 e. The monoisotopic (exact) mass is 587 g/mol. The molecule has 5 nitrogen and oxygen atoms in total. The molecule has 3 rings (SSSR count). The number of alkyl halides is 8. The van der Waals surface area contributed by atoms with Gasteiger partial charge in [0.15, 0.2) is 0 Å². The van der Waals surface area contributed by atoms with E-state index in [4.69, 9.17) is 0 Å². The van der Waals surface area contributed by atoms with Gasteiger partial charge in [-0.15, -0.1) is 10.0 Å². The van der Waals surface area contributed by atoms with Crippen LogP contribution < -0.4 is 0 Å². The Bertz CT molecular complexity index is 1320. The Kier molecular flexibility index (Phi) is 8.83. The average molecular weight is 587 g/mol. The van der Waals surface area contributed by atoms with Gasteiger partial charge in [-0.1, -0.05) is 50.2 Å². The zero-order valence-electron chi connectivity index (χ0n) is 19.8. The van der Waals surface area contributed by atoms with Crippen LogP contribution in [0.25, 0.3) is 10.8 Å². The second-order valence-electron chi connectivity index (χ2n) is 8.36. The Balaban J connectivity index is 1.92. The lowest BCUT2D eigenvalue weighted by Crippen LogP contribution is -2.63. The van der Waals surface area contributed by atoms with E-state index >= 15 is 0 Å². The molecule has 212 valence electrons. The number of halogens is 9. The topological polar surface area (TPSA) is 55.8 Å². The van der Waals surface area contributed by atoms with E-state index in [1.165, 1.54) is 18.2 Å². The number of hydrogen-bond acceptors (Lipinski definition) is 5. The van der Waals surface area contributed by atoms with E-state index in [-0.39, 0.29) is 22.1 Å². The minimum atomic E-state index is -7.08. The molecule has 2 aromatic rings. The normalized spacial score (nSPS) is 15.8. The zero-order chi connectivity index (χ0) is 29.2. The predicted molar refractivity (Wildman–Crippen MR) is 121 cm³/mol. The number of unbranched alkanes of at least 4 members (excludes halogenated alkanes) is 4. The third-order valence-electron chi connectivity index (χ3n) is 5.65. The van der Waals surface area contributed by atoms with Crippen LogP contribution in [0.3, 0.4) is 0 Å². The molecular weight excluding hydrogens is 569 g/mol. The summed E-state index contributed by atoms with van der Waals surface area (Å²) >= 11 is -1.84. The second kappa shape index (κ2) is 11.3. The molecule has 15 heteroatoms. The first-order chi connectivity index (χ1) is 18.1. The number of carbonyl (C=O) groups is 2. The molecule has 2 aromatic carbocycles. The van der Waals surface area contributed by atoms with Crippen LogP contribution >= 0.6 is 12.0 Å². The van der Waals surface area contributed by atoms with E-state index in [1.807, 2.05) is 6.92 Å². The Labute approximate surface area is 219 Å². The van der Waals surface area contributed by atoms with Crippen molar-refractivity contribution >= 4 is 34.6 Å². The standard InChI is InChI=1S/C24H18F9NO4S/c1-2-3-4-5-6-7-9-14-12-15-10-8-11-16-18(15)17(13-14)20(36)34(19(16)35)38-39-24(31,32)22(27,37-33)21(25,26)23(28,29)30/h8,10-13H,2-6H2,1H3. The minimum absolute atomic E-state index is 0.0631. The van der Waals surface area contributed by atoms with Crippen molar-refractivity contribution in [2.45, 2.75) is 62.2 Å². The van der Waals surface area contributed by atoms with Crippen molar-refractivity contribution in [1.29, 1.82) is 0 Å². The van der Waals surface area contributed by atoms with E-state index < -0.39 is 52.1 Å².